The quantitative estimate of drug-likeness (QED) is 0.663. The molecule has 2 heterocycles. The van der Waals surface area contributed by atoms with Gasteiger partial charge in [-0.3, -0.25) is 0 Å². The van der Waals surface area contributed by atoms with Crippen LogP contribution < -0.4 is 14.5 Å². The topological polar surface area (TPSA) is 41.5 Å². The van der Waals surface area contributed by atoms with Gasteiger partial charge in [0.1, 0.15) is 5.75 Å². The molecule has 0 bridgehead atoms. The van der Waals surface area contributed by atoms with Crippen LogP contribution in [-0.2, 0) is 0 Å². The molecule has 1 aliphatic rings. The van der Waals surface area contributed by atoms with Gasteiger partial charge in [0, 0.05) is 43.0 Å². The summed E-state index contributed by atoms with van der Waals surface area (Å²) in [5.41, 5.74) is 2.57. The van der Waals surface area contributed by atoms with Crippen LogP contribution in [0.4, 0.5) is 11.5 Å². The van der Waals surface area contributed by atoms with Crippen molar-refractivity contribution in [3.05, 3.63) is 71.2 Å². The van der Waals surface area contributed by atoms with E-state index in [-0.39, 0.29) is 0 Å². The highest BCUT2D eigenvalue weighted by Crippen LogP contribution is 2.23. The van der Waals surface area contributed by atoms with Gasteiger partial charge in [-0.25, -0.2) is 0 Å². The molecule has 1 aliphatic heterocycles. The van der Waals surface area contributed by atoms with Crippen LogP contribution in [-0.4, -0.2) is 36.4 Å². The number of piperazine rings is 1. The number of halogens is 1. The van der Waals surface area contributed by atoms with Gasteiger partial charge in [0.15, 0.2) is 5.82 Å². The molecule has 0 radical (unpaired) electrons. The van der Waals surface area contributed by atoms with Gasteiger partial charge in [-0.2, -0.15) is 0 Å². The van der Waals surface area contributed by atoms with Crippen molar-refractivity contribution in [2.75, 3.05) is 36.0 Å². The molecular weight excluding hydrogens is 360 g/mol. The molecule has 2 aromatic carbocycles. The second-order valence-electron chi connectivity index (χ2n) is 6.60. The van der Waals surface area contributed by atoms with Crippen LogP contribution in [0.5, 0.6) is 11.6 Å². The minimum absolute atomic E-state index is 0.472. The van der Waals surface area contributed by atoms with Crippen LogP contribution >= 0.6 is 11.6 Å². The largest absolute Gasteiger partial charge is 0.438 e. The lowest BCUT2D eigenvalue weighted by molar-refractivity contribution is 0.455. The molecule has 0 unspecified atom stereocenters. The fourth-order valence-electron chi connectivity index (χ4n) is 3.18. The van der Waals surface area contributed by atoms with Gasteiger partial charge in [-0.05, 0) is 55.0 Å². The van der Waals surface area contributed by atoms with Crippen LogP contribution in [0.15, 0.2) is 60.7 Å². The number of benzene rings is 2. The Labute approximate surface area is 164 Å². The number of hydrogen-bond donors (Lipinski definition) is 0. The van der Waals surface area contributed by atoms with Crippen LogP contribution in [0.3, 0.4) is 0 Å². The Morgan fingerprint density at radius 1 is 0.852 bits per heavy atom. The third kappa shape index (κ3) is 4.31. The van der Waals surface area contributed by atoms with E-state index in [0.717, 1.165) is 32.0 Å². The standard InChI is InChI=1S/C21H21ClN4O/c1-16-3-2-4-18(15-16)25-11-13-26(14-12-25)20-9-10-21(24-23-20)27-19-7-5-17(22)6-8-19/h2-10,15H,11-14H2,1H3. The first-order valence-electron chi connectivity index (χ1n) is 9.01. The molecule has 138 valence electrons. The maximum atomic E-state index is 5.89. The normalized spacial score (nSPS) is 14.3. The Balaban J connectivity index is 1.36. The minimum Gasteiger partial charge on any atom is -0.438 e. The molecule has 4 rings (SSSR count). The third-order valence-electron chi connectivity index (χ3n) is 4.63. The Morgan fingerprint density at radius 3 is 2.26 bits per heavy atom. The number of aryl methyl sites for hydroxylation is 1. The summed E-state index contributed by atoms with van der Waals surface area (Å²) < 4.78 is 5.70. The fourth-order valence-corrected chi connectivity index (χ4v) is 3.30. The van der Waals surface area contributed by atoms with Crippen molar-refractivity contribution in [1.29, 1.82) is 0 Å². The molecule has 0 N–H and O–H groups in total. The Bertz CT molecular complexity index is 891. The lowest BCUT2D eigenvalue weighted by Crippen LogP contribution is -2.46. The molecule has 0 spiro atoms. The minimum atomic E-state index is 0.472. The van der Waals surface area contributed by atoms with Gasteiger partial charge < -0.3 is 14.5 Å². The first-order chi connectivity index (χ1) is 13.2. The molecule has 3 aromatic rings. The Hall–Kier alpha value is -2.79. The Morgan fingerprint density at radius 2 is 1.59 bits per heavy atom. The summed E-state index contributed by atoms with van der Waals surface area (Å²) in [7, 11) is 0. The number of ether oxygens (including phenoxy) is 1. The van der Waals surface area contributed by atoms with E-state index in [2.05, 4.69) is 51.2 Å². The van der Waals surface area contributed by atoms with Gasteiger partial charge >= 0.3 is 0 Å². The summed E-state index contributed by atoms with van der Waals surface area (Å²) in [6, 6.07) is 19.6. The molecule has 27 heavy (non-hydrogen) atoms. The van der Waals surface area contributed by atoms with Crippen molar-refractivity contribution < 1.29 is 4.74 Å². The lowest BCUT2D eigenvalue weighted by Gasteiger charge is -2.36. The molecule has 0 amide bonds. The lowest BCUT2D eigenvalue weighted by atomic mass is 10.2. The van der Waals surface area contributed by atoms with Crippen LogP contribution in [0.2, 0.25) is 5.02 Å². The number of aromatic nitrogens is 2. The predicted molar refractivity (Wildman–Crippen MR) is 109 cm³/mol. The van der Waals surface area contributed by atoms with Gasteiger partial charge in [0.25, 0.3) is 0 Å². The average Bonchev–Trinajstić information content (AvgIpc) is 2.71. The van der Waals surface area contributed by atoms with Crippen molar-refractivity contribution in [2.24, 2.45) is 0 Å². The zero-order chi connectivity index (χ0) is 18.6. The molecule has 6 heteroatoms. The van der Waals surface area contributed by atoms with E-state index in [1.165, 1.54) is 11.3 Å². The maximum absolute atomic E-state index is 5.89. The monoisotopic (exact) mass is 380 g/mol. The molecular formula is C21H21ClN4O. The summed E-state index contributed by atoms with van der Waals surface area (Å²) in [5, 5.41) is 9.21. The predicted octanol–water partition coefficient (Wildman–Crippen LogP) is 4.56. The van der Waals surface area contributed by atoms with Gasteiger partial charge in [0.05, 0.1) is 0 Å². The second-order valence-corrected chi connectivity index (χ2v) is 7.04. The smallest absolute Gasteiger partial charge is 0.238 e. The van der Waals surface area contributed by atoms with E-state index in [4.69, 9.17) is 16.3 Å². The molecule has 0 aliphatic carbocycles. The van der Waals surface area contributed by atoms with Crippen LogP contribution in [0.1, 0.15) is 5.56 Å². The van der Waals surface area contributed by atoms with E-state index in [9.17, 15) is 0 Å². The van der Waals surface area contributed by atoms with Gasteiger partial charge in [-0.1, -0.05) is 23.7 Å². The SMILES string of the molecule is Cc1cccc(N2CCN(c3ccc(Oc4ccc(Cl)cc4)nn3)CC2)c1. The highest BCUT2D eigenvalue weighted by Gasteiger charge is 2.18. The molecule has 0 saturated carbocycles. The van der Waals surface area contributed by atoms with Crippen molar-refractivity contribution in [2.45, 2.75) is 6.92 Å². The molecule has 1 aromatic heterocycles. The van der Waals surface area contributed by atoms with Crippen molar-refractivity contribution in [3.63, 3.8) is 0 Å². The molecule has 0 atom stereocenters. The number of anilines is 2. The zero-order valence-electron chi connectivity index (χ0n) is 15.2. The maximum Gasteiger partial charge on any atom is 0.238 e. The van der Waals surface area contributed by atoms with E-state index in [1.54, 1.807) is 12.1 Å². The summed E-state index contributed by atoms with van der Waals surface area (Å²) in [6.45, 7) is 5.89. The van der Waals surface area contributed by atoms with Gasteiger partial charge in [-0.15, -0.1) is 10.2 Å². The Kier molecular flexibility index (Phi) is 5.12. The van der Waals surface area contributed by atoms with Crippen LogP contribution in [0.25, 0.3) is 0 Å². The average molecular weight is 381 g/mol. The molecule has 1 saturated heterocycles. The summed E-state index contributed by atoms with van der Waals surface area (Å²) in [4.78, 5) is 4.67. The fraction of sp³-hybridized carbons (Fsp3) is 0.238. The first kappa shape index (κ1) is 17.6. The first-order valence-corrected chi connectivity index (χ1v) is 9.39. The molecule has 1 fully saturated rings. The van der Waals surface area contributed by atoms with Crippen molar-refractivity contribution in [3.8, 4) is 11.6 Å². The highest BCUT2D eigenvalue weighted by atomic mass is 35.5. The van der Waals surface area contributed by atoms with Gasteiger partial charge in [0.2, 0.25) is 5.88 Å². The van der Waals surface area contributed by atoms with Crippen molar-refractivity contribution >= 4 is 23.1 Å². The third-order valence-corrected chi connectivity index (χ3v) is 4.88. The molecule has 5 nitrogen and oxygen atoms in total. The summed E-state index contributed by atoms with van der Waals surface area (Å²) in [5.74, 6) is 2.04. The zero-order valence-corrected chi connectivity index (χ0v) is 15.9. The van der Waals surface area contributed by atoms with E-state index in [1.807, 2.05) is 24.3 Å². The summed E-state index contributed by atoms with van der Waals surface area (Å²) in [6.07, 6.45) is 0. The van der Waals surface area contributed by atoms with E-state index in [0.29, 0.717) is 16.7 Å². The number of nitrogens with zero attached hydrogens (tertiary/aromatic N) is 4. The second kappa shape index (κ2) is 7.84. The van der Waals surface area contributed by atoms with E-state index < -0.39 is 0 Å². The van der Waals surface area contributed by atoms with Crippen LogP contribution in [0, 0.1) is 6.92 Å². The van der Waals surface area contributed by atoms with E-state index >= 15 is 0 Å². The number of rotatable bonds is 4. The van der Waals surface area contributed by atoms with Crippen molar-refractivity contribution in [1.82, 2.24) is 10.2 Å². The number of hydrogen-bond acceptors (Lipinski definition) is 5. The summed E-state index contributed by atoms with van der Waals surface area (Å²) >= 11 is 5.89. The highest BCUT2D eigenvalue weighted by molar-refractivity contribution is 6.30.